The fourth-order valence-corrected chi connectivity index (χ4v) is 1.72. The SMILES string of the molecule is N#Cc1c(F)ccc(F)c1-c1c(F)cnc(F)c1C#N. The highest BCUT2D eigenvalue weighted by Crippen LogP contribution is 2.33. The lowest BCUT2D eigenvalue weighted by Gasteiger charge is -2.09. The first kappa shape index (κ1) is 13.5. The fraction of sp³-hybridized carbons (Fsp3) is 0. The fourth-order valence-electron chi connectivity index (χ4n) is 1.72. The predicted molar refractivity (Wildman–Crippen MR) is 58.9 cm³/mol. The number of rotatable bonds is 1. The number of hydrogen-bond donors (Lipinski definition) is 0. The van der Waals surface area contributed by atoms with Crippen LogP contribution < -0.4 is 0 Å². The molecule has 1 aromatic heterocycles. The number of pyridine rings is 1. The molecule has 0 aliphatic rings. The Kier molecular flexibility index (Phi) is 3.36. The van der Waals surface area contributed by atoms with Gasteiger partial charge in [-0.05, 0) is 12.1 Å². The first-order chi connectivity index (χ1) is 9.51. The Hall–Kier alpha value is -2.93. The maximum Gasteiger partial charge on any atom is 0.231 e. The second-order valence-electron chi connectivity index (χ2n) is 3.65. The minimum Gasteiger partial charge on any atom is -0.224 e. The van der Waals surface area contributed by atoms with Gasteiger partial charge in [-0.3, -0.25) is 0 Å². The predicted octanol–water partition coefficient (Wildman–Crippen LogP) is 3.05. The second-order valence-corrected chi connectivity index (χ2v) is 3.65. The van der Waals surface area contributed by atoms with Crippen molar-refractivity contribution < 1.29 is 17.6 Å². The van der Waals surface area contributed by atoms with E-state index in [-0.39, 0.29) is 0 Å². The number of nitrogens with zero attached hydrogens (tertiary/aromatic N) is 3. The van der Waals surface area contributed by atoms with Crippen LogP contribution in [0.5, 0.6) is 0 Å². The number of benzene rings is 1. The third-order valence-electron chi connectivity index (χ3n) is 2.56. The molecule has 2 rings (SSSR count). The summed E-state index contributed by atoms with van der Waals surface area (Å²) in [6, 6.07) is 4.03. The Bertz CT molecular complexity index is 720. The first-order valence-corrected chi connectivity index (χ1v) is 5.13. The van der Waals surface area contributed by atoms with Crippen LogP contribution in [-0.4, -0.2) is 4.98 Å². The van der Waals surface area contributed by atoms with Gasteiger partial charge in [-0.15, -0.1) is 0 Å². The molecule has 0 amide bonds. The normalized spacial score (nSPS) is 9.90. The summed E-state index contributed by atoms with van der Waals surface area (Å²) in [6.07, 6.45) is 0.428. The summed E-state index contributed by atoms with van der Waals surface area (Å²) in [7, 11) is 0. The maximum absolute atomic E-state index is 13.8. The summed E-state index contributed by atoms with van der Waals surface area (Å²) < 4.78 is 54.4. The van der Waals surface area contributed by atoms with E-state index in [9.17, 15) is 17.6 Å². The number of aromatic nitrogens is 1. The topological polar surface area (TPSA) is 60.5 Å². The van der Waals surface area contributed by atoms with Gasteiger partial charge in [0.05, 0.1) is 11.8 Å². The summed E-state index contributed by atoms with van der Waals surface area (Å²) in [5.41, 5.74) is -3.34. The number of hydrogen-bond acceptors (Lipinski definition) is 3. The second kappa shape index (κ2) is 4.98. The van der Waals surface area contributed by atoms with Gasteiger partial charge in [0.2, 0.25) is 5.95 Å². The quantitative estimate of drug-likeness (QED) is 0.594. The van der Waals surface area contributed by atoms with Crippen molar-refractivity contribution in [1.29, 1.82) is 10.5 Å². The lowest BCUT2D eigenvalue weighted by molar-refractivity contribution is 0.556. The Morgan fingerprint density at radius 1 is 0.800 bits per heavy atom. The van der Waals surface area contributed by atoms with Crippen LogP contribution >= 0.6 is 0 Å². The van der Waals surface area contributed by atoms with Crippen molar-refractivity contribution in [1.82, 2.24) is 4.98 Å². The molecular weight excluding hydrogens is 274 g/mol. The molecule has 0 unspecified atom stereocenters. The molecule has 0 bridgehead atoms. The third kappa shape index (κ3) is 1.95. The van der Waals surface area contributed by atoms with Crippen LogP contribution in [0.3, 0.4) is 0 Å². The summed E-state index contributed by atoms with van der Waals surface area (Å²) in [6.45, 7) is 0. The monoisotopic (exact) mass is 277 g/mol. The molecule has 0 saturated carbocycles. The van der Waals surface area contributed by atoms with E-state index >= 15 is 0 Å². The van der Waals surface area contributed by atoms with E-state index in [2.05, 4.69) is 4.98 Å². The van der Waals surface area contributed by atoms with Crippen molar-refractivity contribution in [3.8, 4) is 23.3 Å². The van der Waals surface area contributed by atoms with E-state index < -0.39 is 45.7 Å². The van der Waals surface area contributed by atoms with E-state index in [1.807, 2.05) is 0 Å². The van der Waals surface area contributed by atoms with Gasteiger partial charge in [0.1, 0.15) is 29.3 Å². The van der Waals surface area contributed by atoms with Crippen molar-refractivity contribution in [3.05, 3.63) is 52.9 Å². The van der Waals surface area contributed by atoms with Crippen LogP contribution in [0.2, 0.25) is 0 Å². The molecule has 1 aromatic carbocycles. The molecule has 0 N–H and O–H groups in total. The highest BCUT2D eigenvalue weighted by atomic mass is 19.1. The molecule has 0 radical (unpaired) electrons. The average Bonchev–Trinajstić information content (AvgIpc) is 2.43. The third-order valence-corrected chi connectivity index (χ3v) is 2.56. The lowest BCUT2D eigenvalue weighted by Crippen LogP contribution is -2.02. The Balaban J connectivity index is 2.98. The highest BCUT2D eigenvalue weighted by Gasteiger charge is 2.24. The van der Waals surface area contributed by atoms with E-state index in [0.717, 1.165) is 0 Å². The maximum atomic E-state index is 13.8. The molecule has 1 heterocycles. The summed E-state index contributed by atoms with van der Waals surface area (Å²) >= 11 is 0. The number of nitriles is 2. The van der Waals surface area contributed by atoms with Crippen LogP contribution in [0.1, 0.15) is 11.1 Å². The van der Waals surface area contributed by atoms with Gasteiger partial charge < -0.3 is 0 Å². The minimum atomic E-state index is -1.34. The Labute approximate surface area is 110 Å². The largest absolute Gasteiger partial charge is 0.231 e. The molecule has 20 heavy (non-hydrogen) atoms. The molecule has 0 spiro atoms. The zero-order valence-electron chi connectivity index (χ0n) is 9.59. The molecule has 0 saturated heterocycles. The molecule has 98 valence electrons. The molecule has 0 atom stereocenters. The lowest BCUT2D eigenvalue weighted by atomic mass is 9.96. The van der Waals surface area contributed by atoms with Crippen LogP contribution in [0.15, 0.2) is 18.3 Å². The zero-order valence-corrected chi connectivity index (χ0v) is 9.59. The minimum absolute atomic E-state index is 0.428. The Morgan fingerprint density at radius 3 is 1.95 bits per heavy atom. The number of halogens is 4. The molecule has 7 heteroatoms. The average molecular weight is 277 g/mol. The van der Waals surface area contributed by atoms with E-state index in [0.29, 0.717) is 18.3 Å². The van der Waals surface area contributed by atoms with Gasteiger partial charge in [0.25, 0.3) is 0 Å². The Morgan fingerprint density at radius 2 is 1.35 bits per heavy atom. The van der Waals surface area contributed by atoms with Gasteiger partial charge in [-0.2, -0.15) is 14.9 Å². The molecular formula is C13H3F4N3. The summed E-state index contributed by atoms with van der Waals surface area (Å²) in [4.78, 5) is 2.98. The van der Waals surface area contributed by atoms with Crippen molar-refractivity contribution >= 4 is 0 Å². The van der Waals surface area contributed by atoms with Crippen molar-refractivity contribution in [2.24, 2.45) is 0 Å². The first-order valence-electron chi connectivity index (χ1n) is 5.13. The van der Waals surface area contributed by atoms with Gasteiger partial charge >= 0.3 is 0 Å². The molecule has 0 aliphatic heterocycles. The van der Waals surface area contributed by atoms with E-state index in [1.54, 1.807) is 0 Å². The van der Waals surface area contributed by atoms with Crippen LogP contribution in [0.4, 0.5) is 17.6 Å². The van der Waals surface area contributed by atoms with Gasteiger partial charge in [-0.25, -0.2) is 18.2 Å². The van der Waals surface area contributed by atoms with Gasteiger partial charge in [0.15, 0.2) is 5.82 Å². The van der Waals surface area contributed by atoms with Crippen molar-refractivity contribution in [2.75, 3.05) is 0 Å². The van der Waals surface area contributed by atoms with E-state index in [1.165, 1.54) is 12.1 Å². The van der Waals surface area contributed by atoms with Crippen LogP contribution in [0, 0.1) is 46.1 Å². The molecule has 0 fully saturated rings. The summed E-state index contributed by atoms with van der Waals surface area (Å²) in [5.74, 6) is -4.83. The molecule has 0 aliphatic carbocycles. The van der Waals surface area contributed by atoms with Crippen molar-refractivity contribution in [3.63, 3.8) is 0 Å². The van der Waals surface area contributed by atoms with Gasteiger partial charge in [0, 0.05) is 11.1 Å². The van der Waals surface area contributed by atoms with Gasteiger partial charge in [-0.1, -0.05) is 0 Å². The van der Waals surface area contributed by atoms with Crippen LogP contribution in [0.25, 0.3) is 11.1 Å². The summed E-state index contributed by atoms with van der Waals surface area (Å²) in [5, 5.41) is 17.7. The van der Waals surface area contributed by atoms with E-state index in [4.69, 9.17) is 10.5 Å². The molecule has 2 aromatic rings. The molecule has 3 nitrogen and oxygen atoms in total. The zero-order chi connectivity index (χ0) is 14.9. The smallest absolute Gasteiger partial charge is 0.224 e. The van der Waals surface area contributed by atoms with Crippen molar-refractivity contribution in [2.45, 2.75) is 0 Å². The highest BCUT2D eigenvalue weighted by molar-refractivity contribution is 5.76. The van der Waals surface area contributed by atoms with Crippen LogP contribution in [-0.2, 0) is 0 Å². The standard InChI is InChI=1S/C13H3F4N3/c14-8-1-2-9(15)11(6(8)3-18)12-7(4-19)13(17)20-5-10(12)16/h1-2,5H.